The fourth-order valence-electron chi connectivity index (χ4n) is 0.988. The van der Waals surface area contributed by atoms with Crippen molar-refractivity contribution in [1.82, 2.24) is 4.98 Å². The Bertz CT molecular complexity index is 337. The maximum absolute atomic E-state index is 7.00. The number of aromatic nitrogens is 1. The first-order valence-corrected chi connectivity index (χ1v) is 4.44. The average molecular weight is 200 g/mol. The van der Waals surface area contributed by atoms with E-state index in [1.54, 1.807) is 12.4 Å². The minimum absolute atomic E-state index is 0. The van der Waals surface area contributed by atoms with Gasteiger partial charge in [0.2, 0.25) is 0 Å². The molecule has 4 heteroatoms. The van der Waals surface area contributed by atoms with Crippen LogP contribution in [0.15, 0.2) is 54.9 Å². The second-order valence-electron chi connectivity index (χ2n) is 2.72. The van der Waals surface area contributed by atoms with Gasteiger partial charge in [0.25, 0.3) is 0 Å². The minimum Gasteiger partial charge on any atom is -0.429 e. The van der Waals surface area contributed by atoms with Crippen molar-refractivity contribution in [2.45, 2.75) is 0 Å². The van der Waals surface area contributed by atoms with Crippen LogP contribution in [0.1, 0.15) is 0 Å². The van der Waals surface area contributed by atoms with Crippen molar-refractivity contribution in [2.24, 2.45) is 0 Å². The number of rotatable bonds is 0. The van der Waals surface area contributed by atoms with E-state index in [2.05, 4.69) is 29.2 Å². The lowest BCUT2D eigenvalue weighted by molar-refractivity contribution is 0.448. The normalized spacial score (nSPS) is 8.67. The number of nitrogens with zero attached hydrogens (tertiary/aromatic N) is 1. The minimum atomic E-state index is 0. The van der Waals surface area contributed by atoms with E-state index < -0.39 is 0 Å². The van der Waals surface area contributed by atoms with Crippen LogP contribution in [0.5, 0.6) is 0 Å². The Labute approximate surface area is 89.4 Å². The molecule has 0 spiro atoms. The standard InChI is InChI=1S/C6H4.C5H5N.BH2O2/c1-2-5-4-6(5)3-1;1-2-4-6-5-3-1;2-1-3/h1-4H;1-5H;2-3H. The van der Waals surface area contributed by atoms with Crippen LogP contribution in [0.4, 0.5) is 0 Å². The highest BCUT2D eigenvalue weighted by Gasteiger charge is 2.06. The van der Waals surface area contributed by atoms with Crippen LogP contribution in [-0.4, -0.2) is 22.7 Å². The van der Waals surface area contributed by atoms with Gasteiger partial charge in [-0.1, -0.05) is 24.3 Å². The van der Waals surface area contributed by atoms with E-state index in [1.165, 1.54) is 11.1 Å². The smallest absolute Gasteiger partial charge is 0.429 e. The first-order valence-electron chi connectivity index (χ1n) is 4.44. The molecule has 0 atom stereocenters. The molecule has 1 aromatic heterocycles. The van der Waals surface area contributed by atoms with E-state index in [-0.39, 0.29) is 7.69 Å². The van der Waals surface area contributed by atoms with Gasteiger partial charge in [-0.15, -0.1) is 0 Å². The zero-order chi connectivity index (χ0) is 10.9. The number of pyridine rings is 1. The molecular formula is C11H11BNO2. The summed E-state index contributed by atoms with van der Waals surface area (Å²) >= 11 is 0. The van der Waals surface area contributed by atoms with Gasteiger partial charge < -0.3 is 10.0 Å². The first kappa shape index (κ1) is 11.4. The van der Waals surface area contributed by atoms with Gasteiger partial charge in [0.05, 0.1) is 0 Å². The maximum atomic E-state index is 7.00. The molecule has 0 aromatic carbocycles. The first-order chi connectivity index (χ1) is 7.38. The molecule has 1 radical (unpaired) electrons. The van der Waals surface area contributed by atoms with Gasteiger partial charge in [0.1, 0.15) is 0 Å². The molecule has 0 bridgehead atoms. The van der Waals surface area contributed by atoms with Gasteiger partial charge in [0.15, 0.2) is 0 Å². The fraction of sp³-hybridized carbons (Fsp3) is 0. The molecule has 0 unspecified atom stereocenters. The molecule has 15 heavy (non-hydrogen) atoms. The molecule has 0 fully saturated rings. The summed E-state index contributed by atoms with van der Waals surface area (Å²) in [5, 5.41) is 14.0. The number of hydrogen-bond donors (Lipinski definition) is 2. The molecule has 0 amide bonds. The van der Waals surface area contributed by atoms with Gasteiger partial charge in [-0.2, -0.15) is 0 Å². The van der Waals surface area contributed by atoms with E-state index in [4.69, 9.17) is 10.0 Å². The van der Waals surface area contributed by atoms with Gasteiger partial charge in [-0.3, -0.25) is 4.98 Å². The second-order valence-corrected chi connectivity index (χ2v) is 2.72. The van der Waals surface area contributed by atoms with Crippen molar-refractivity contribution in [2.75, 3.05) is 0 Å². The molecule has 1 heterocycles. The summed E-state index contributed by atoms with van der Waals surface area (Å²) < 4.78 is 0. The highest BCUT2D eigenvalue weighted by molar-refractivity contribution is 6.13. The Balaban J connectivity index is 0.000000121. The maximum Gasteiger partial charge on any atom is 0.482 e. The van der Waals surface area contributed by atoms with E-state index in [9.17, 15) is 0 Å². The third-order valence-electron chi connectivity index (χ3n) is 1.68. The van der Waals surface area contributed by atoms with Crippen molar-refractivity contribution < 1.29 is 10.0 Å². The SMILES string of the molecule is O[B]O.c1cc2cc-2c1.c1ccncc1. The van der Waals surface area contributed by atoms with Crippen LogP contribution < -0.4 is 0 Å². The third-order valence-corrected chi connectivity index (χ3v) is 1.68. The van der Waals surface area contributed by atoms with Crippen molar-refractivity contribution in [3.8, 4) is 11.1 Å². The van der Waals surface area contributed by atoms with Gasteiger partial charge in [-0.25, -0.2) is 0 Å². The van der Waals surface area contributed by atoms with Gasteiger partial charge in [-0.05, 0) is 29.3 Å². The molecule has 0 saturated carbocycles. The molecule has 2 N–H and O–H groups in total. The van der Waals surface area contributed by atoms with E-state index >= 15 is 0 Å². The molecule has 3 nitrogen and oxygen atoms in total. The molecule has 2 aliphatic rings. The number of hydrogen-bond acceptors (Lipinski definition) is 3. The summed E-state index contributed by atoms with van der Waals surface area (Å²) in [6, 6.07) is 14.2. The quantitative estimate of drug-likeness (QED) is 0.537. The highest BCUT2D eigenvalue weighted by Crippen LogP contribution is 2.32. The van der Waals surface area contributed by atoms with Gasteiger partial charge in [0, 0.05) is 12.4 Å². The van der Waals surface area contributed by atoms with Crippen LogP contribution in [0.25, 0.3) is 11.1 Å². The van der Waals surface area contributed by atoms with E-state index in [1.807, 2.05) is 18.2 Å². The van der Waals surface area contributed by atoms with Crippen molar-refractivity contribution in [3.63, 3.8) is 0 Å². The summed E-state index contributed by atoms with van der Waals surface area (Å²) in [7, 11) is 0. The lowest BCUT2D eigenvalue weighted by Gasteiger charge is -1.70. The summed E-state index contributed by atoms with van der Waals surface area (Å²) in [5.41, 5.74) is 2.85. The Hall–Kier alpha value is -1.65. The van der Waals surface area contributed by atoms with Crippen molar-refractivity contribution in [1.29, 1.82) is 0 Å². The Morgan fingerprint density at radius 2 is 1.40 bits per heavy atom. The molecule has 75 valence electrons. The van der Waals surface area contributed by atoms with E-state index in [0.29, 0.717) is 0 Å². The summed E-state index contributed by atoms with van der Waals surface area (Å²) in [4.78, 5) is 3.78. The average Bonchev–Trinajstić information content (AvgIpc) is 2.90. The fourth-order valence-corrected chi connectivity index (χ4v) is 0.988. The second kappa shape index (κ2) is 6.76. The highest BCUT2D eigenvalue weighted by atomic mass is 16.4. The van der Waals surface area contributed by atoms with E-state index in [0.717, 1.165) is 0 Å². The zero-order valence-electron chi connectivity index (χ0n) is 8.12. The van der Waals surface area contributed by atoms with Crippen LogP contribution in [-0.2, 0) is 0 Å². The van der Waals surface area contributed by atoms with Crippen LogP contribution in [0.3, 0.4) is 0 Å². The topological polar surface area (TPSA) is 53.4 Å². The van der Waals surface area contributed by atoms with Crippen molar-refractivity contribution in [3.05, 3.63) is 54.9 Å². The van der Waals surface area contributed by atoms with Crippen LogP contribution in [0, 0.1) is 0 Å². The predicted molar refractivity (Wildman–Crippen MR) is 59.9 cm³/mol. The summed E-state index contributed by atoms with van der Waals surface area (Å²) in [6.07, 6.45) is 3.50. The molecule has 0 saturated heterocycles. The Morgan fingerprint density at radius 1 is 0.867 bits per heavy atom. The zero-order valence-corrected chi connectivity index (χ0v) is 8.12. The molecule has 0 aliphatic heterocycles. The summed E-state index contributed by atoms with van der Waals surface area (Å²) in [5.74, 6) is 0. The van der Waals surface area contributed by atoms with Crippen LogP contribution in [0.2, 0.25) is 0 Å². The third kappa shape index (κ3) is 4.95. The molecule has 3 rings (SSSR count). The number of fused-ring (bicyclic) bond motifs is 1. The largest absolute Gasteiger partial charge is 0.482 e. The Kier molecular flexibility index (Phi) is 5.15. The molecule has 2 aliphatic carbocycles. The monoisotopic (exact) mass is 200 g/mol. The summed E-state index contributed by atoms with van der Waals surface area (Å²) in [6.45, 7) is 0. The Morgan fingerprint density at radius 3 is 1.53 bits per heavy atom. The van der Waals surface area contributed by atoms with Crippen LogP contribution >= 0.6 is 0 Å². The molecular weight excluding hydrogens is 189 g/mol. The predicted octanol–water partition coefficient (Wildman–Crippen LogP) is 1.25. The molecule has 1 aromatic rings. The van der Waals surface area contributed by atoms with Crippen molar-refractivity contribution >= 4 is 7.69 Å². The van der Waals surface area contributed by atoms with Gasteiger partial charge >= 0.3 is 7.69 Å². The lowest BCUT2D eigenvalue weighted by Crippen LogP contribution is -1.75. The number of benzene rings is 1. The lowest BCUT2D eigenvalue weighted by atomic mass is 10.5.